The van der Waals surface area contributed by atoms with Crippen LogP contribution in [-0.2, 0) is 16.7 Å². The van der Waals surface area contributed by atoms with Gasteiger partial charge in [0.15, 0.2) is 5.96 Å². The van der Waals surface area contributed by atoms with Crippen LogP contribution in [0.1, 0.15) is 45.3 Å². The summed E-state index contributed by atoms with van der Waals surface area (Å²) < 4.78 is 11.5. The molecule has 0 atom stereocenters. The van der Waals surface area contributed by atoms with Crippen molar-refractivity contribution >= 4 is 41.7 Å². The lowest BCUT2D eigenvalue weighted by Crippen LogP contribution is -2.47. The molecule has 2 N–H and O–H groups in total. The van der Waals surface area contributed by atoms with E-state index in [9.17, 15) is 0 Å². The third-order valence-electron chi connectivity index (χ3n) is 4.34. The third-order valence-corrected chi connectivity index (χ3v) is 5.76. The zero-order valence-electron chi connectivity index (χ0n) is 15.8. The van der Waals surface area contributed by atoms with E-state index in [0.29, 0.717) is 12.4 Å². The van der Waals surface area contributed by atoms with Crippen molar-refractivity contribution in [3.8, 4) is 0 Å². The molecule has 0 bridgehead atoms. The quantitative estimate of drug-likeness (QED) is 0.382. The van der Waals surface area contributed by atoms with E-state index in [2.05, 4.69) is 47.6 Å². The molecule has 6 nitrogen and oxygen atoms in total. The summed E-state index contributed by atoms with van der Waals surface area (Å²) in [5, 5.41) is 6.70. The van der Waals surface area contributed by atoms with Gasteiger partial charge in [0.1, 0.15) is 5.76 Å². The highest BCUT2D eigenvalue weighted by Gasteiger charge is 2.31. The highest BCUT2D eigenvalue weighted by atomic mass is 127. The second-order valence-electron chi connectivity index (χ2n) is 7.15. The van der Waals surface area contributed by atoms with E-state index in [0.717, 1.165) is 44.3 Å². The second kappa shape index (κ2) is 10.0. The maximum Gasteiger partial charge on any atom is 0.213 e. The minimum Gasteiger partial charge on any atom is -0.443 e. The average molecular weight is 482 g/mol. The molecule has 0 spiro atoms. The number of thioether (sulfide) groups is 1. The molecule has 1 aromatic rings. The Bertz CT molecular complexity index is 551. The lowest BCUT2D eigenvalue weighted by Gasteiger charge is -2.36. The summed E-state index contributed by atoms with van der Waals surface area (Å²) >= 11 is 1.91. The number of rotatable bonds is 5. The predicted molar refractivity (Wildman–Crippen MR) is 115 cm³/mol. The molecule has 0 unspecified atom stereocenters. The Balaban J connectivity index is 0.00000312. The van der Waals surface area contributed by atoms with Crippen molar-refractivity contribution in [2.45, 2.75) is 50.3 Å². The molecule has 1 aliphatic heterocycles. The monoisotopic (exact) mass is 482 g/mol. The lowest BCUT2D eigenvalue weighted by atomic mass is 9.94. The third kappa shape index (κ3) is 6.63. The number of aromatic nitrogens is 1. The summed E-state index contributed by atoms with van der Waals surface area (Å²) in [4.78, 5) is 8.63. The van der Waals surface area contributed by atoms with Crippen molar-refractivity contribution in [1.29, 1.82) is 0 Å². The molecule has 0 aromatic carbocycles. The first-order chi connectivity index (χ1) is 11.4. The maximum absolute atomic E-state index is 5.80. The zero-order valence-corrected chi connectivity index (χ0v) is 19.0. The molecule has 0 amide bonds. The molecule has 25 heavy (non-hydrogen) atoms. The standard InChI is InChI=1S/C17H30N4O2S.HI/c1-16(2,3)13-10-19-14(23-13)11-20-15(18-4)21-12-17(24-5)6-8-22-9-7-17;/h10H,6-9,11-12H2,1-5H3,(H2,18,20,21);1H. The van der Waals surface area contributed by atoms with Crippen LogP contribution in [0.4, 0.5) is 0 Å². The van der Waals surface area contributed by atoms with Crippen LogP contribution in [0.15, 0.2) is 15.6 Å². The van der Waals surface area contributed by atoms with Crippen molar-refractivity contribution < 1.29 is 9.15 Å². The van der Waals surface area contributed by atoms with Crippen molar-refractivity contribution in [3.05, 3.63) is 17.8 Å². The average Bonchev–Trinajstić information content (AvgIpc) is 3.05. The SMILES string of the molecule is CN=C(NCc1ncc(C(C)(C)C)o1)NCC1(SC)CCOCC1.I. The van der Waals surface area contributed by atoms with Gasteiger partial charge in [-0.05, 0) is 19.1 Å². The molecule has 1 fully saturated rings. The largest absolute Gasteiger partial charge is 0.443 e. The first kappa shape index (κ1) is 22.6. The maximum atomic E-state index is 5.80. The van der Waals surface area contributed by atoms with Crippen LogP contribution < -0.4 is 10.6 Å². The van der Waals surface area contributed by atoms with Crippen LogP contribution in [0, 0.1) is 0 Å². The number of hydrogen-bond acceptors (Lipinski definition) is 5. The normalized spacial score (nSPS) is 17.7. The van der Waals surface area contributed by atoms with E-state index in [-0.39, 0.29) is 34.1 Å². The molecular weight excluding hydrogens is 451 g/mol. The minimum absolute atomic E-state index is 0. The highest BCUT2D eigenvalue weighted by Crippen LogP contribution is 2.32. The van der Waals surface area contributed by atoms with E-state index in [1.54, 1.807) is 13.2 Å². The fraction of sp³-hybridized carbons (Fsp3) is 0.765. The van der Waals surface area contributed by atoms with Gasteiger partial charge in [-0.2, -0.15) is 11.8 Å². The van der Waals surface area contributed by atoms with Gasteiger partial charge in [0.05, 0.1) is 12.7 Å². The van der Waals surface area contributed by atoms with Crippen molar-refractivity contribution in [2.75, 3.05) is 33.1 Å². The molecular formula is C17H31IN4O2S. The predicted octanol–water partition coefficient (Wildman–Crippen LogP) is 3.17. The van der Waals surface area contributed by atoms with Gasteiger partial charge in [0.25, 0.3) is 0 Å². The van der Waals surface area contributed by atoms with Crippen LogP contribution in [0.25, 0.3) is 0 Å². The Labute approximate surface area is 172 Å². The van der Waals surface area contributed by atoms with E-state index < -0.39 is 0 Å². The molecule has 1 aliphatic rings. The fourth-order valence-electron chi connectivity index (χ4n) is 2.56. The Morgan fingerprint density at radius 1 is 1.32 bits per heavy atom. The van der Waals surface area contributed by atoms with E-state index in [1.165, 1.54) is 0 Å². The summed E-state index contributed by atoms with van der Waals surface area (Å²) in [5.74, 6) is 2.34. The molecule has 1 saturated heterocycles. The number of nitrogens with zero attached hydrogens (tertiary/aromatic N) is 2. The van der Waals surface area contributed by atoms with E-state index >= 15 is 0 Å². The smallest absolute Gasteiger partial charge is 0.213 e. The molecule has 0 saturated carbocycles. The summed E-state index contributed by atoms with van der Waals surface area (Å²) in [6.07, 6.45) is 6.10. The Morgan fingerprint density at radius 3 is 2.52 bits per heavy atom. The van der Waals surface area contributed by atoms with Gasteiger partial charge in [-0.15, -0.1) is 24.0 Å². The van der Waals surface area contributed by atoms with Crippen LogP contribution >= 0.6 is 35.7 Å². The van der Waals surface area contributed by atoms with Crippen LogP contribution in [0.5, 0.6) is 0 Å². The van der Waals surface area contributed by atoms with Gasteiger partial charge in [-0.25, -0.2) is 4.98 Å². The number of halogens is 1. The minimum atomic E-state index is -0.0288. The zero-order chi connectivity index (χ0) is 17.6. The van der Waals surface area contributed by atoms with E-state index in [4.69, 9.17) is 9.15 Å². The first-order valence-corrected chi connectivity index (χ1v) is 9.64. The highest BCUT2D eigenvalue weighted by molar-refractivity contribution is 14.0. The number of aliphatic imine (C=N–C) groups is 1. The van der Waals surface area contributed by atoms with Crippen LogP contribution in [-0.4, -0.2) is 48.8 Å². The Morgan fingerprint density at radius 2 is 2.00 bits per heavy atom. The second-order valence-corrected chi connectivity index (χ2v) is 8.42. The number of oxazole rings is 1. The molecule has 0 radical (unpaired) electrons. The molecule has 1 aromatic heterocycles. The Hall–Kier alpha value is -0.480. The number of ether oxygens (including phenoxy) is 1. The molecule has 2 rings (SSSR count). The van der Waals surface area contributed by atoms with Gasteiger partial charge < -0.3 is 19.8 Å². The van der Waals surface area contributed by atoms with E-state index in [1.807, 2.05) is 11.8 Å². The molecule has 2 heterocycles. The first-order valence-electron chi connectivity index (χ1n) is 8.41. The molecule has 144 valence electrons. The lowest BCUT2D eigenvalue weighted by molar-refractivity contribution is 0.0783. The summed E-state index contributed by atoms with van der Waals surface area (Å²) in [7, 11) is 1.78. The van der Waals surface area contributed by atoms with Gasteiger partial charge in [0, 0.05) is 37.0 Å². The van der Waals surface area contributed by atoms with Gasteiger partial charge in [-0.1, -0.05) is 20.8 Å². The topological polar surface area (TPSA) is 71.7 Å². The number of hydrogen-bond donors (Lipinski definition) is 2. The number of guanidine groups is 1. The summed E-state index contributed by atoms with van der Waals surface area (Å²) in [5.41, 5.74) is -0.0288. The van der Waals surface area contributed by atoms with Crippen LogP contribution in [0.2, 0.25) is 0 Å². The van der Waals surface area contributed by atoms with Gasteiger partial charge >= 0.3 is 0 Å². The van der Waals surface area contributed by atoms with Crippen molar-refractivity contribution in [3.63, 3.8) is 0 Å². The van der Waals surface area contributed by atoms with Gasteiger partial charge in [0.2, 0.25) is 5.89 Å². The fourth-order valence-corrected chi connectivity index (χ4v) is 3.35. The van der Waals surface area contributed by atoms with Gasteiger partial charge in [-0.3, -0.25) is 4.99 Å². The Kier molecular flexibility index (Phi) is 9.03. The molecule has 0 aliphatic carbocycles. The van der Waals surface area contributed by atoms with Crippen molar-refractivity contribution in [1.82, 2.24) is 15.6 Å². The number of nitrogens with one attached hydrogen (secondary N) is 2. The van der Waals surface area contributed by atoms with Crippen LogP contribution in [0.3, 0.4) is 0 Å². The summed E-state index contributed by atoms with van der Waals surface area (Å²) in [6, 6.07) is 0. The van der Waals surface area contributed by atoms with Crippen molar-refractivity contribution in [2.24, 2.45) is 4.99 Å². The molecule has 8 heteroatoms. The summed E-state index contributed by atoms with van der Waals surface area (Å²) in [6.45, 7) is 9.39.